The Morgan fingerprint density at radius 1 is 1.09 bits per heavy atom. The van der Waals surface area contributed by atoms with Crippen LogP contribution in [0.3, 0.4) is 0 Å². The lowest BCUT2D eigenvalue weighted by atomic mass is 9.98. The van der Waals surface area contributed by atoms with E-state index in [2.05, 4.69) is 53.3 Å². The van der Waals surface area contributed by atoms with E-state index in [0.717, 1.165) is 15.8 Å². The normalized spacial score (nSPS) is 11.0. The number of nitrogens with zero attached hydrogens (tertiary/aromatic N) is 1. The number of benzene rings is 3. The van der Waals surface area contributed by atoms with Crippen LogP contribution in [0.1, 0.15) is 34.7 Å². The maximum atomic E-state index is 12.7. The van der Waals surface area contributed by atoms with Crippen LogP contribution in [-0.2, 0) is 11.2 Å². The number of halogens is 1. The molecule has 0 aliphatic carbocycles. The number of amides is 1. The summed E-state index contributed by atoms with van der Waals surface area (Å²) in [6.07, 6.45) is 2.25. The van der Waals surface area contributed by atoms with Crippen molar-refractivity contribution >= 4 is 33.6 Å². The fourth-order valence-electron chi connectivity index (χ4n) is 3.76. The SMILES string of the molecule is CCOc1ccc(NC(=O)/C(C#N)=C/c2cc(Br)c(Cc3cc(C)cc(C)c3)c(OC)c2)cc1. The first kappa shape index (κ1) is 25.1. The van der Waals surface area contributed by atoms with E-state index in [1.54, 1.807) is 37.5 Å². The van der Waals surface area contributed by atoms with Crippen LogP contribution in [0, 0.1) is 25.2 Å². The largest absolute Gasteiger partial charge is 0.496 e. The summed E-state index contributed by atoms with van der Waals surface area (Å²) in [5.41, 5.74) is 5.87. The minimum atomic E-state index is -0.485. The first-order chi connectivity index (χ1) is 16.3. The summed E-state index contributed by atoms with van der Waals surface area (Å²) in [7, 11) is 1.62. The van der Waals surface area contributed by atoms with Crippen molar-refractivity contribution in [2.45, 2.75) is 27.2 Å². The number of rotatable bonds is 8. The Morgan fingerprint density at radius 3 is 2.35 bits per heavy atom. The Balaban J connectivity index is 1.84. The van der Waals surface area contributed by atoms with Gasteiger partial charge in [-0.05, 0) is 74.4 Å². The number of hydrogen-bond donors (Lipinski definition) is 1. The van der Waals surface area contributed by atoms with Crippen molar-refractivity contribution < 1.29 is 14.3 Å². The van der Waals surface area contributed by atoms with Gasteiger partial charge in [-0.15, -0.1) is 0 Å². The average Bonchev–Trinajstić information content (AvgIpc) is 2.79. The molecule has 5 nitrogen and oxygen atoms in total. The van der Waals surface area contributed by atoms with Gasteiger partial charge in [-0.3, -0.25) is 4.79 Å². The van der Waals surface area contributed by atoms with Crippen molar-refractivity contribution in [2.24, 2.45) is 0 Å². The summed E-state index contributed by atoms with van der Waals surface area (Å²) in [6, 6.07) is 19.2. The summed E-state index contributed by atoms with van der Waals surface area (Å²) in [6.45, 7) is 6.63. The van der Waals surface area contributed by atoms with Crippen LogP contribution in [0.2, 0.25) is 0 Å². The summed E-state index contributed by atoms with van der Waals surface area (Å²) in [5, 5.41) is 12.4. The predicted molar refractivity (Wildman–Crippen MR) is 139 cm³/mol. The lowest BCUT2D eigenvalue weighted by Gasteiger charge is -2.14. The number of ether oxygens (including phenoxy) is 2. The molecule has 0 spiro atoms. The Labute approximate surface area is 209 Å². The third-order valence-corrected chi connectivity index (χ3v) is 5.87. The molecule has 1 amide bonds. The summed E-state index contributed by atoms with van der Waals surface area (Å²) in [4.78, 5) is 12.7. The van der Waals surface area contributed by atoms with Gasteiger partial charge in [0.2, 0.25) is 0 Å². The molecule has 0 fully saturated rings. The zero-order valence-corrected chi connectivity index (χ0v) is 21.3. The van der Waals surface area contributed by atoms with Gasteiger partial charge < -0.3 is 14.8 Å². The first-order valence-corrected chi connectivity index (χ1v) is 11.7. The highest BCUT2D eigenvalue weighted by molar-refractivity contribution is 9.10. The van der Waals surface area contributed by atoms with E-state index >= 15 is 0 Å². The van der Waals surface area contributed by atoms with Crippen LogP contribution in [-0.4, -0.2) is 19.6 Å². The molecule has 6 heteroatoms. The molecule has 174 valence electrons. The van der Waals surface area contributed by atoms with Crippen molar-refractivity contribution in [3.8, 4) is 17.6 Å². The number of hydrogen-bond acceptors (Lipinski definition) is 4. The Kier molecular flexibility index (Phi) is 8.50. The summed E-state index contributed by atoms with van der Waals surface area (Å²) in [5.74, 6) is 0.916. The molecule has 0 aromatic heterocycles. The highest BCUT2D eigenvalue weighted by Gasteiger charge is 2.14. The van der Waals surface area contributed by atoms with Crippen LogP contribution in [0.5, 0.6) is 11.5 Å². The maximum Gasteiger partial charge on any atom is 0.266 e. The molecule has 0 aliphatic rings. The average molecular weight is 519 g/mol. The van der Waals surface area contributed by atoms with Gasteiger partial charge in [-0.2, -0.15) is 5.26 Å². The topological polar surface area (TPSA) is 71.3 Å². The third-order valence-electron chi connectivity index (χ3n) is 5.16. The van der Waals surface area contributed by atoms with E-state index in [4.69, 9.17) is 9.47 Å². The van der Waals surface area contributed by atoms with Crippen molar-refractivity contribution in [2.75, 3.05) is 19.0 Å². The Hall–Kier alpha value is -3.56. The number of aryl methyl sites for hydroxylation is 2. The van der Waals surface area contributed by atoms with Gasteiger partial charge in [0.25, 0.3) is 5.91 Å². The number of carbonyl (C=O) groups excluding carboxylic acids is 1. The molecule has 3 aromatic rings. The Morgan fingerprint density at radius 2 is 1.76 bits per heavy atom. The second-order valence-corrected chi connectivity index (χ2v) is 8.79. The summed E-state index contributed by atoms with van der Waals surface area (Å²) < 4.78 is 11.9. The van der Waals surface area contributed by atoms with Crippen LogP contribution in [0.25, 0.3) is 6.08 Å². The van der Waals surface area contributed by atoms with E-state index < -0.39 is 5.91 Å². The fourth-order valence-corrected chi connectivity index (χ4v) is 4.36. The Bertz CT molecular complexity index is 1240. The second-order valence-electron chi connectivity index (χ2n) is 7.94. The zero-order valence-electron chi connectivity index (χ0n) is 19.7. The minimum absolute atomic E-state index is 0.00935. The van der Waals surface area contributed by atoms with Crippen LogP contribution < -0.4 is 14.8 Å². The van der Waals surface area contributed by atoms with Gasteiger partial charge in [0, 0.05) is 22.1 Å². The number of nitriles is 1. The highest BCUT2D eigenvalue weighted by atomic mass is 79.9. The quantitative estimate of drug-likeness (QED) is 0.269. The van der Waals surface area contributed by atoms with Crippen molar-refractivity contribution in [1.82, 2.24) is 0 Å². The first-order valence-electron chi connectivity index (χ1n) is 10.9. The van der Waals surface area contributed by atoms with Crippen LogP contribution >= 0.6 is 15.9 Å². The van der Waals surface area contributed by atoms with Gasteiger partial charge in [-0.1, -0.05) is 45.3 Å². The zero-order chi connectivity index (χ0) is 24.7. The van der Waals surface area contributed by atoms with Crippen molar-refractivity contribution in [3.63, 3.8) is 0 Å². The van der Waals surface area contributed by atoms with E-state index in [9.17, 15) is 10.1 Å². The maximum absolute atomic E-state index is 12.7. The minimum Gasteiger partial charge on any atom is -0.496 e. The molecule has 0 bridgehead atoms. The lowest BCUT2D eigenvalue weighted by Crippen LogP contribution is -2.13. The van der Waals surface area contributed by atoms with Gasteiger partial charge >= 0.3 is 0 Å². The molecule has 0 unspecified atom stereocenters. The van der Waals surface area contributed by atoms with Gasteiger partial charge in [0.05, 0.1) is 13.7 Å². The molecule has 0 saturated heterocycles. The lowest BCUT2D eigenvalue weighted by molar-refractivity contribution is -0.112. The molecular formula is C28H27BrN2O3. The van der Waals surface area contributed by atoms with Crippen molar-refractivity contribution in [1.29, 1.82) is 5.26 Å². The number of nitrogens with one attached hydrogen (secondary N) is 1. The molecule has 0 heterocycles. The molecule has 0 atom stereocenters. The molecule has 0 saturated carbocycles. The van der Waals surface area contributed by atoms with Gasteiger partial charge in [0.1, 0.15) is 23.1 Å². The second kappa shape index (κ2) is 11.5. The predicted octanol–water partition coefficient (Wildman–Crippen LogP) is 6.61. The van der Waals surface area contributed by atoms with Crippen molar-refractivity contribution in [3.05, 3.63) is 92.5 Å². The third kappa shape index (κ3) is 6.49. The van der Waals surface area contributed by atoms with Gasteiger partial charge in [-0.25, -0.2) is 0 Å². The smallest absolute Gasteiger partial charge is 0.266 e. The van der Waals surface area contributed by atoms with E-state index in [1.165, 1.54) is 16.7 Å². The van der Waals surface area contributed by atoms with E-state index in [-0.39, 0.29) is 5.57 Å². The molecular weight excluding hydrogens is 492 g/mol. The monoisotopic (exact) mass is 518 g/mol. The standard InChI is InChI=1S/C28H27BrN2O3/c1-5-34-24-8-6-23(7-9-24)31-28(32)22(17-30)13-21-15-26(29)25(27(16-21)33-4)14-20-11-18(2)10-19(3)12-20/h6-13,15-16H,5,14H2,1-4H3,(H,31,32)/b22-13+. The fraction of sp³-hybridized carbons (Fsp3) is 0.214. The van der Waals surface area contributed by atoms with Crippen LogP contribution in [0.4, 0.5) is 5.69 Å². The number of anilines is 1. The molecule has 0 aliphatic heterocycles. The van der Waals surface area contributed by atoms with E-state index in [0.29, 0.717) is 30.0 Å². The molecule has 34 heavy (non-hydrogen) atoms. The molecule has 3 aromatic carbocycles. The molecule has 1 N–H and O–H groups in total. The highest BCUT2D eigenvalue weighted by Crippen LogP contribution is 2.32. The number of methoxy groups -OCH3 is 1. The molecule has 3 rings (SSSR count). The van der Waals surface area contributed by atoms with Gasteiger partial charge in [0.15, 0.2) is 0 Å². The van der Waals surface area contributed by atoms with Crippen LogP contribution in [0.15, 0.2) is 64.6 Å². The number of carbonyl (C=O) groups is 1. The summed E-state index contributed by atoms with van der Waals surface area (Å²) >= 11 is 3.65. The van der Waals surface area contributed by atoms with E-state index in [1.807, 2.05) is 25.1 Å². The molecule has 0 radical (unpaired) electrons.